The van der Waals surface area contributed by atoms with Crippen LogP contribution in [0.4, 0.5) is 11.4 Å². The molecule has 0 spiro atoms. The van der Waals surface area contributed by atoms with Crippen molar-refractivity contribution < 1.29 is 13.3 Å². The molecular formula is C12H17N3O4S2. The number of nitrogens with one attached hydrogen (secondary N) is 1. The molecule has 0 aliphatic carbocycles. The molecule has 1 N–H and O–H groups in total. The smallest absolute Gasteiger partial charge is 0.289 e. The zero-order valence-corrected chi connectivity index (χ0v) is 13.2. The third-order valence-corrected chi connectivity index (χ3v) is 6.00. The van der Waals surface area contributed by atoms with Crippen molar-refractivity contribution in [3.8, 4) is 0 Å². The van der Waals surface area contributed by atoms with Gasteiger partial charge in [-0.05, 0) is 19.1 Å². The van der Waals surface area contributed by atoms with Crippen molar-refractivity contribution in [2.75, 3.05) is 36.5 Å². The van der Waals surface area contributed by atoms with E-state index in [1.165, 1.54) is 22.5 Å². The first-order valence-corrected chi connectivity index (χ1v) is 9.16. The molecule has 0 aromatic heterocycles. The molecule has 0 bridgehead atoms. The van der Waals surface area contributed by atoms with Gasteiger partial charge in [0.1, 0.15) is 0 Å². The van der Waals surface area contributed by atoms with Crippen molar-refractivity contribution in [1.82, 2.24) is 4.31 Å². The van der Waals surface area contributed by atoms with Gasteiger partial charge in [0.05, 0.1) is 4.92 Å². The monoisotopic (exact) mass is 331 g/mol. The summed E-state index contributed by atoms with van der Waals surface area (Å²) < 4.78 is 26.6. The minimum absolute atomic E-state index is 0.238. The molecule has 1 heterocycles. The number of hydrogen-bond acceptors (Lipinski definition) is 6. The minimum Gasteiger partial charge on any atom is -0.385 e. The van der Waals surface area contributed by atoms with Gasteiger partial charge in [0, 0.05) is 42.9 Å². The summed E-state index contributed by atoms with van der Waals surface area (Å²) in [5, 5.41) is 14.1. The van der Waals surface area contributed by atoms with Gasteiger partial charge in [-0.15, -0.1) is 0 Å². The fourth-order valence-corrected chi connectivity index (χ4v) is 4.87. The summed E-state index contributed by atoms with van der Waals surface area (Å²) >= 11 is 1.68. The van der Waals surface area contributed by atoms with Crippen LogP contribution in [0.1, 0.15) is 6.92 Å². The summed E-state index contributed by atoms with van der Waals surface area (Å²) in [5.74, 6) is 1.42. The zero-order valence-electron chi connectivity index (χ0n) is 11.6. The van der Waals surface area contributed by atoms with Crippen LogP contribution in [0, 0.1) is 10.1 Å². The van der Waals surface area contributed by atoms with Gasteiger partial charge in [0.15, 0.2) is 4.90 Å². The molecule has 116 valence electrons. The number of nitro groups is 1. The minimum atomic E-state index is -3.84. The number of nitro benzene ring substituents is 1. The normalized spacial score (nSPS) is 16.6. The second-order valence-corrected chi connectivity index (χ2v) is 7.62. The third kappa shape index (κ3) is 3.47. The quantitative estimate of drug-likeness (QED) is 0.653. The van der Waals surface area contributed by atoms with Gasteiger partial charge in [0.2, 0.25) is 10.0 Å². The van der Waals surface area contributed by atoms with Crippen LogP contribution in [-0.4, -0.2) is 48.8 Å². The van der Waals surface area contributed by atoms with Gasteiger partial charge in [-0.1, -0.05) is 0 Å². The lowest BCUT2D eigenvalue weighted by Crippen LogP contribution is -2.38. The molecule has 1 aliphatic rings. The molecule has 0 unspecified atom stereocenters. The number of sulfonamides is 1. The molecule has 0 radical (unpaired) electrons. The summed E-state index contributed by atoms with van der Waals surface area (Å²) in [5.41, 5.74) is 0.183. The highest BCUT2D eigenvalue weighted by Gasteiger charge is 2.32. The number of nitrogens with zero attached hydrogens (tertiary/aromatic N) is 2. The Morgan fingerprint density at radius 1 is 1.38 bits per heavy atom. The van der Waals surface area contributed by atoms with E-state index >= 15 is 0 Å². The molecule has 1 aliphatic heterocycles. The second-order valence-electron chi connectivity index (χ2n) is 4.49. The first-order valence-electron chi connectivity index (χ1n) is 6.57. The van der Waals surface area contributed by atoms with Crippen molar-refractivity contribution in [2.24, 2.45) is 0 Å². The number of thioether (sulfide) groups is 1. The molecule has 1 aromatic rings. The Bertz CT molecular complexity index is 627. The maximum Gasteiger partial charge on any atom is 0.289 e. The maximum atomic E-state index is 12.7. The molecule has 7 nitrogen and oxygen atoms in total. The molecule has 1 aromatic carbocycles. The highest BCUT2D eigenvalue weighted by atomic mass is 32.2. The fourth-order valence-electron chi connectivity index (χ4n) is 2.11. The predicted octanol–water partition coefficient (Wildman–Crippen LogP) is 1.76. The molecule has 1 fully saturated rings. The van der Waals surface area contributed by atoms with Crippen LogP contribution in [0.5, 0.6) is 0 Å². The van der Waals surface area contributed by atoms with E-state index in [2.05, 4.69) is 5.32 Å². The van der Waals surface area contributed by atoms with E-state index in [4.69, 9.17) is 0 Å². The Morgan fingerprint density at radius 3 is 2.62 bits per heavy atom. The van der Waals surface area contributed by atoms with E-state index in [1.807, 2.05) is 6.92 Å². The third-order valence-electron chi connectivity index (χ3n) is 3.13. The van der Waals surface area contributed by atoms with Crippen LogP contribution < -0.4 is 5.32 Å². The van der Waals surface area contributed by atoms with Crippen LogP contribution in [0.3, 0.4) is 0 Å². The van der Waals surface area contributed by atoms with E-state index in [1.54, 1.807) is 11.8 Å². The Morgan fingerprint density at radius 2 is 2.05 bits per heavy atom. The Balaban J connectivity index is 2.48. The Kier molecular flexibility index (Phi) is 5.07. The average Bonchev–Trinajstić information content (AvgIpc) is 2.48. The van der Waals surface area contributed by atoms with Crippen LogP contribution in [0.15, 0.2) is 23.1 Å². The summed E-state index contributed by atoms with van der Waals surface area (Å²) in [4.78, 5) is 10.2. The first-order chi connectivity index (χ1) is 9.96. The van der Waals surface area contributed by atoms with E-state index in [9.17, 15) is 18.5 Å². The zero-order chi connectivity index (χ0) is 15.5. The molecule has 0 saturated carbocycles. The van der Waals surface area contributed by atoms with E-state index in [0.717, 1.165) is 0 Å². The summed E-state index contributed by atoms with van der Waals surface area (Å²) in [6.45, 7) is 3.25. The SMILES string of the molecule is CCNc1ccc([N+](=O)[O-])c(S(=O)(=O)N2CCSCC2)c1. The van der Waals surface area contributed by atoms with Crippen molar-refractivity contribution >= 4 is 33.2 Å². The van der Waals surface area contributed by atoms with Gasteiger partial charge in [-0.25, -0.2) is 8.42 Å². The lowest BCUT2D eigenvalue weighted by Gasteiger charge is -2.25. The number of hydrogen-bond donors (Lipinski definition) is 1. The summed E-state index contributed by atoms with van der Waals surface area (Å²) in [7, 11) is -3.84. The number of rotatable bonds is 5. The first kappa shape index (κ1) is 16.1. The molecule has 0 atom stereocenters. The molecular weight excluding hydrogens is 314 g/mol. The molecule has 0 amide bonds. The van der Waals surface area contributed by atoms with Gasteiger partial charge in [-0.2, -0.15) is 16.1 Å². The van der Waals surface area contributed by atoms with Crippen molar-refractivity contribution in [3.63, 3.8) is 0 Å². The summed E-state index contributed by atoms with van der Waals surface area (Å²) in [6, 6.07) is 4.11. The van der Waals surface area contributed by atoms with Crippen LogP contribution in [0.2, 0.25) is 0 Å². The van der Waals surface area contributed by atoms with Crippen LogP contribution in [-0.2, 0) is 10.0 Å². The second kappa shape index (κ2) is 6.63. The number of benzene rings is 1. The predicted molar refractivity (Wildman–Crippen MR) is 83.3 cm³/mol. The van der Waals surface area contributed by atoms with E-state index in [-0.39, 0.29) is 10.6 Å². The largest absolute Gasteiger partial charge is 0.385 e. The van der Waals surface area contributed by atoms with Crippen molar-refractivity contribution in [2.45, 2.75) is 11.8 Å². The highest BCUT2D eigenvalue weighted by molar-refractivity contribution is 7.99. The lowest BCUT2D eigenvalue weighted by atomic mass is 10.3. The number of anilines is 1. The maximum absolute atomic E-state index is 12.7. The van der Waals surface area contributed by atoms with Crippen molar-refractivity contribution in [3.05, 3.63) is 28.3 Å². The fraction of sp³-hybridized carbons (Fsp3) is 0.500. The Hall–Kier alpha value is -1.32. The lowest BCUT2D eigenvalue weighted by molar-refractivity contribution is -0.387. The molecule has 21 heavy (non-hydrogen) atoms. The molecule has 9 heteroatoms. The van der Waals surface area contributed by atoms with Crippen LogP contribution >= 0.6 is 11.8 Å². The van der Waals surface area contributed by atoms with Gasteiger partial charge >= 0.3 is 0 Å². The average molecular weight is 331 g/mol. The molecule has 1 saturated heterocycles. The Labute approximate surface area is 127 Å². The van der Waals surface area contributed by atoms with Crippen LogP contribution in [0.25, 0.3) is 0 Å². The van der Waals surface area contributed by atoms with Gasteiger partial charge in [-0.3, -0.25) is 10.1 Å². The van der Waals surface area contributed by atoms with Gasteiger partial charge in [0.25, 0.3) is 5.69 Å². The topological polar surface area (TPSA) is 92.5 Å². The van der Waals surface area contributed by atoms with Crippen molar-refractivity contribution in [1.29, 1.82) is 0 Å². The highest BCUT2D eigenvalue weighted by Crippen LogP contribution is 2.30. The van der Waals surface area contributed by atoms with E-state index < -0.39 is 14.9 Å². The van der Waals surface area contributed by atoms with Gasteiger partial charge < -0.3 is 5.32 Å². The summed E-state index contributed by atoms with van der Waals surface area (Å²) in [6.07, 6.45) is 0. The standard InChI is InChI=1S/C12H17N3O4S2/c1-2-13-10-3-4-11(15(16)17)12(9-10)21(18,19)14-5-7-20-8-6-14/h3-4,9,13H,2,5-8H2,1H3. The van der Waals surface area contributed by atoms with E-state index in [0.29, 0.717) is 36.8 Å². The molecule has 2 rings (SSSR count).